The van der Waals surface area contributed by atoms with Crippen LogP contribution in [0.25, 0.3) is 10.2 Å². The number of hydrogen-bond acceptors (Lipinski definition) is 3. The zero-order chi connectivity index (χ0) is 14.2. The Bertz CT molecular complexity index is 824. The van der Waals surface area contributed by atoms with Crippen molar-refractivity contribution in [2.45, 2.75) is 13.0 Å². The monoisotopic (exact) mass is 294 g/mol. The van der Waals surface area contributed by atoms with E-state index >= 15 is 0 Å². The van der Waals surface area contributed by atoms with E-state index < -0.39 is 0 Å². The first kappa shape index (κ1) is 12.5. The number of hydrogen-bond donors (Lipinski definition) is 0. The van der Waals surface area contributed by atoms with Crippen LogP contribution in [0.4, 0.5) is 0 Å². The third-order valence-electron chi connectivity index (χ3n) is 4.00. The van der Waals surface area contributed by atoms with Gasteiger partial charge in [0.25, 0.3) is 5.91 Å². The van der Waals surface area contributed by atoms with E-state index in [4.69, 9.17) is 0 Å². The van der Waals surface area contributed by atoms with Gasteiger partial charge in [-0.2, -0.15) is 0 Å². The van der Waals surface area contributed by atoms with E-state index in [0.717, 1.165) is 28.7 Å². The van der Waals surface area contributed by atoms with Crippen molar-refractivity contribution >= 4 is 27.5 Å². The molecule has 1 aromatic heterocycles. The van der Waals surface area contributed by atoms with Gasteiger partial charge in [-0.25, -0.2) is 4.98 Å². The topological polar surface area (TPSA) is 33.2 Å². The van der Waals surface area contributed by atoms with E-state index in [2.05, 4.69) is 23.2 Å². The van der Waals surface area contributed by atoms with Crippen LogP contribution in [-0.2, 0) is 13.0 Å². The van der Waals surface area contributed by atoms with Crippen molar-refractivity contribution in [1.82, 2.24) is 9.88 Å². The molecular weight excluding hydrogens is 280 g/mol. The molecule has 2 aromatic carbocycles. The van der Waals surface area contributed by atoms with Gasteiger partial charge in [-0.3, -0.25) is 4.79 Å². The van der Waals surface area contributed by atoms with Crippen molar-refractivity contribution in [2.24, 2.45) is 0 Å². The van der Waals surface area contributed by atoms with Crippen molar-refractivity contribution in [3.63, 3.8) is 0 Å². The lowest BCUT2D eigenvalue weighted by Crippen LogP contribution is -2.35. The summed E-state index contributed by atoms with van der Waals surface area (Å²) in [5.74, 6) is 0.0967. The summed E-state index contributed by atoms with van der Waals surface area (Å²) < 4.78 is 1.12. The molecule has 2 heterocycles. The Morgan fingerprint density at radius 2 is 2.00 bits per heavy atom. The molecule has 0 fully saturated rings. The van der Waals surface area contributed by atoms with Crippen LogP contribution in [0.1, 0.15) is 21.5 Å². The number of amides is 1. The maximum Gasteiger partial charge on any atom is 0.254 e. The minimum absolute atomic E-state index is 0.0967. The third-order valence-corrected chi connectivity index (χ3v) is 4.81. The molecule has 3 nitrogen and oxygen atoms in total. The Labute approximate surface area is 126 Å². The molecule has 1 amide bonds. The zero-order valence-corrected chi connectivity index (χ0v) is 12.3. The van der Waals surface area contributed by atoms with E-state index in [0.29, 0.717) is 6.54 Å². The van der Waals surface area contributed by atoms with E-state index in [-0.39, 0.29) is 5.91 Å². The summed E-state index contributed by atoms with van der Waals surface area (Å²) in [5.41, 5.74) is 6.06. The second-order valence-corrected chi connectivity index (χ2v) is 6.17. The molecular formula is C17H14N2OS. The van der Waals surface area contributed by atoms with Crippen molar-refractivity contribution in [1.29, 1.82) is 0 Å². The van der Waals surface area contributed by atoms with Crippen LogP contribution in [0.2, 0.25) is 0 Å². The molecule has 1 aliphatic rings. The standard InChI is InChI=1S/C17H14N2OS/c20-17(13-5-6-16-15(9-13)18-11-21-16)19-8-7-12-3-1-2-4-14(12)10-19/h1-6,9,11H,7-8,10H2. The zero-order valence-electron chi connectivity index (χ0n) is 11.5. The fourth-order valence-corrected chi connectivity index (χ4v) is 3.50. The number of carbonyl (C=O) groups excluding carboxylic acids is 1. The van der Waals surface area contributed by atoms with E-state index in [1.165, 1.54) is 11.1 Å². The second kappa shape index (κ2) is 4.97. The summed E-state index contributed by atoms with van der Waals surface area (Å²) in [5, 5.41) is 0. The van der Waals surface area contributed by atoms with Gasteiger partial charge in [0, 0.05) is 18.7 Å². The normalized spacial score (nSPS) is 14.2. The largest absolute Gasteiger partial charge is 0.334 e. The quantitative estimate of drug-likeness (QED) is 0.688. The summed E-state index contributed by atoms with van der Waals surface area (Å²) in [6.45, 7) is 1.48. The molecule has 0 saturated heterocycles. The number of carbonyl (C=O) groups is 1. The molecule has 0 N–H and O–H groups in total. The SMILES string of the molecule is O=C(c1ccc2scnc2c1)N1CCc2ccccc2C1. The molecule has 0 radical (unpaired) electrons. The Hall–Kier alpha value is -2.20. The van der Waals surface area contributed by atoms with Crippen LogP contribution in [-0.4, -0.2) is 22.3 Å². The van der Waals surface area contributed by atoms with Gasteiger partial charge in [-0.05, 0) is 35.7 Å². The fourth-order valence-electron chi connectivity index (χ4n) is 2.84. The fraction of sp³-hybridized carbons (Fsp3) is 0.176. The van der Waals surface area contributed by atoms with E-state index in [1.54, 1.807) is 11.3 Å². The van der Waals surface area contributed by atoms with Gasteiger partial charge >= 0.3 is 0 Å². The highest BCUT2D eigenvalue weighted by Crippen LogP contribution is 2.23. The predicted octanol–water partition coefficient (Wildman–Crippen LogP) is 3.49. The molecule has 21 heavy (non-hydrogen) atoms. The summed E-state index contributed by atoms with van der Waals surface area (Å²) >= 11 is 1.60. The molecule has 0 unspecified atom stereocenters. The van der Waals surface area contributed by atoms with Crippen LogP contribution >= 0.6 is 11.3 Å². The van der Waals surface area contributed by atoms with Crippen molar-refractivity contribution < 1.29 is 4.79 Å². The van der Waals surface area contributed by atoms with Gasteiger partial charge in [0.2, 0.25) is 0 Å². The summed E-state index contributed by atoms with van der Waals surface area (Å²) in [6, 6.07) is 14.1. The second-order valence-electron chi connectivity index (χ2n) is 5.28. The molecule has 0 bridgehead atoms. The molecule has 4 rings (SSSR count). The summed E-state index contributed by atoms with van der Waals surface area (Å²) in [7, 11) is 0. The average molecular weight is 294 g/mol. The lowest BCUT2D eigenvalue weighted by molar-refractivity contribution is 0.0735. The molecule has 4 heteroatoms. The van der Waals surface area contributed by atoms with Crippen molar-refractivity contribution in [3.05, 3.63) is 64.7 Å². The Kier molecular flexibility index (Phi) is 2.97. The van der Waals surface area contributed by atoms with Crippen LogP contribution in [0.5, 0.6) is 0 Å². The molecule has 104 valence electrons. The number of nitrogens with zero attached hydrogens (tertiary/aromatic N) is 2. The van der Waals surface area contributed by atoms with Gasteiger partial charge in [0.05, 0.1) is 15.7 Å². The summed E-state index contributed by atoms with van der Waals surface area (Å²) in [6.07, 6.45) is 0.931. The van der Waals surface area contributed by atoms with E-state index in [1.807, 2.05) is 34.7 Å². The molecule has 3 aromatic rings. The molecule has 0 spiro atoms. The smallest absolute Gasteiger partial charge is 0.254 e. The van der Waals surface area contributed by atoms with Gasteiger partial charge in [-0.15, -0.1) is 11.3 Å². The van der Waals surface area contributed by atoms with Crippen LogP contribution < -0.4 is 0 Å². The third kappa shape index (κ3) is 2.21. The molecule has 1 aliphatic heterocycles. The number of benzene rings is 2. The Morgan fingerprint density at radius 1 is 1.14 bits per heavy atom. The molecule has 0 saturated carbocycles. The number of thiazole rings is 1. The molecule has 0 aliphatic carbocycles. The Morgan fingerprint density at radius 3 is 2.90 bits per heavy atom. The summed E-state index contributed by atoms with van der Waals surface area (Å²) in [4.78, 5) is 18.9. The molecule has 0 atom stereocenters. The lowest BCUT2D eigenvalue weighted by Gasteiger charge is -2.29. The van der Waals surface area contributed by atoms with Gasteiger partial charge in [0.1, 0.15) is 0 Å². The maximum atomic E-state index is 12.7. The highest BCUT2D eigenvalue weighted by Gasteiger charge is 2.21. The lowest BCUT2D eigenvalue weighted by atomic mass is 9.99. The van der Waals surface area contributed by atoms with Crippen LogP contribution in [0.3, 0.4) is 0 Å². The first-order chi connectivity index (χ1) is 10.3. The van der Waals surface area contributed by atoms with E-state index in [9.17, 15) is 4.79 Å². The van der Waals surface area contributed by atoms with Crippen molar-refractivity contribution in [3.8, 4) is 0 Å². The highest BCUT2D eigenvalue weighted by molar-refractivity contribution is 7.16. The number of aromatic nitrogens is 1. The van der Waals surface area contributed by atoms with Crippen LogP contribution in [0.15, 0.2) is 48.0 Å². The minimum Gasteiger partial charge on any atom is -0.334 e. The van der Waals surface area contributed by atoms with Gasteiger partial charge in [-0.1, -0.05) is 24.3 Å². The minimum atomic E-state index is 0.0967. The van der Waals surface area contributed by atoms with Gasteiger partial charge < -0.3 is 4.90 Å². The maximum absolute atomic E-state index is 12.7. The number of rotatable bonds is 1. The first-order valence-corrected chi connectivity index (χ1v) is 7.88. The Balaban J connectivity index is 1.63. The van der Waals surface area contributed by atoms with Gasteiger partial charge in [0.15, 0.2) is 0 Å². The van der Waals surface area contributed by atoms with Crippen LogP contribution in [0, 0.1) is 0 Å². The predicted molar refractivity (Wildman–Crippen MR) is 84.5 cm³/mol. The highest BCUT2D eigenvalue weighted by atomic mass is 32.1. The number of fused-ring (bicyclic) bond motifs is 2. The average Bonchev–Trinajstić information content (AvgIpc) is 3.01. The van der Waals surface area contributed by atoms with Crippen molar-refractivity contribution in [2.75, 3.05) is 6.54 Å². The first-order valence-electron chi connectivity index (χ1n) is 7.00.